The third-order valence-corrected chi connectivity index (χ3v) is 4.67. The highest BCUT2D eigenvalue weighted by Gasteiger charge is 2.34. The van der Waals surface area contributed by atoms with Gasteiger partial charge in [0.2, 0.25) is 5.91 Å². The number of ketones is 1. The first-order valence-electron chi connectivity index (χ1n) is 8.73. The van der Waals surface area contributed by atoms with Crippen molar-refractivity contribution in [2.24, 2.45) is 11.7 Å². The summed E-state index contributed by atoms with van der Waals surface area (Å²) in [4.78, 5) is 26.9. The van der Waals surface area contributed by atoms with Crippen molar-refractivity contribution in [2.45, 2.75) is 58.4 Å². The monoisotopic (exact) mass is 330 g/mol. The summed E-state index contributed by atoms with van der Waals surface area (Å²) in [5.41, 5.74) is 7.05. The Hall–Kier alpha value is -1.68. The van der Waals surface area contributed by atoms with E-state index in [0.717, 1.165) is 18.4 Å². The van der Waals surface area contributed by atoms with Gasteiger partial charge >= 0.3 is 0 Å². The number of hydrogen-bond donors (Lipinski definition) is 1. The Morgan fingerprint density at radius 2 is 1.67 bits per heavy atom. The minimum Gasteiger partial charge on any atom is -0.340 e. The lowest BCUT2D eigenvalue weighted by atomic mass is 9.84. The molecule has 4 heteroatoms. The molecule has 1 amide bonds. The zero-order valence-electron chi connectivity index (χ0n) is 15.6. The van der Waals surface area contributed by atoms with Gasteiger partial charge in [-0.25, -0.2) is 0 Å². The van der Waals surface area contributed by atoms with Crippen molar-refractivity contribution >= 4 is 11.7 Å². The van der Waals surface area contributed by atoms with E-state index in [1.807, 2.05) is 24.3 Å². The number of benzene rings is 1. The quantitative estimate of drug-likeness (QED) is 0.866. The molecular formula is C20H30N2O2. The van der Waals surface area contributed by atoms with E-state index in [1.165, 1.54) is 5.56 Å². The second-order valence-corrected chi connectivity index (χ2v) is 8.50. The average molecular weight is 330 g/mol. The van der Waals surface area contributed by atoms with E-state index in [2.05, 4.69) is 20.8 Å². The van der Waals surface area contributed by atoms with Crippen LogP contribution >= 0.6 is 0 Å². The fourth-order valence-corrected chi connectivity index (χ4v) is 3.15. The molecule has 0 radical (unpaired) electrons. The van der Waals surface area contributed by atoms with Crippen molar-refractivity contribution in [3.63, 3.8) is 0 Å². The lowest BCUT2D eigenvalue weighted by Gasteiger charge is -2.35. The Labute approximate surface area is 145 Å². The molecule has 1 unspecified atom stereocenters. The fourth-order valence-electron chi connectivity index (χ4n) is 3.15. The van der Waals surface area contributed by atoms with Gasteiger partial charge in [-0.1, -0.05) is 45.0 Å². The topological polar surface area (TPSA) is 63.4 Å². The molecule has 0 saturated carbocycles. The van der Waals surface area contributed by atoms with Gasteiger partial charge in [-0.15, -0.1) is 0 Å². The van der Waals surface area contributed by atoms with Crippen LogP contribution in [-0.4, -0.2) is 35.2 Å². The molecule has 1 aliphatic heterocycles. The van der Waals surface area contributed by atoms with E-state index < -0.39 is 5.54 Å². The SMILES string of the molecule is CC(C)(N)C(=O)N1CCCC(C(=O)c2ccc(C(C)(C)C)cc2)C1. The minimum atomic E-state index is -0.890. The van der Waals surface area contributed by atoms with Crippen LogP contribution < -0.4 is 5.73 Å². The normalized spacial score (nSPS) is 19.2. The molecule has 1 heterocycles. The summed E-state index contributed by atoms with van der Waals surface area (Å²) < 4.78 is 0. The van der Waals surface area contributed by atoms with E-state index in [4.69, 9.17) is 5.73 Å². The van der Waals surface area contributed by atoms with Crippen LogP contribution in [0.1, 0.15) is 63.4 Å². The van der Waals surface area contributed by atoms with Crippen LogP contribution in [0.2, 0.25) is 0 Å². The Morgan fingerprint density at radius 1 is 1.08 bits per heavy atom. The smallest absolute Gasteiger partial charge is 0.242 e. The van der Waals surface area contributed by atoms with Crippen molar-refractivity contribution in [1.29, 1.82) is 0 Å². The molecule has 132 valence electrons. The molecule has 1 aromatic carbocycles. The first-order chi connectivity index (χ1) is 11.0. The van der Waals surface area contributed by atoms with Gasteiger partial charge in [0, 0.05) is 24.6 Å². The molecule has 0 aromatic heterocycles. The lowest BCUT2D eigenvalue weighted by molar-refractivity contribution is -0.137. The van der Waals surface area contributed by atoms with Crippen molar-refractivity contribution in [3.05, 3.63) is 35.4 Å². The van der Waals surface area contributed by atoms with Gasteiger partial charge in [-0.05, 0) is 37.7 Å². The number of rotatable bonds is 3. The van der Waals surface area contributed by atoms with Crippen molar-refractivity contribution in [1.82, 2.24) is 4.90 Å². The van der Waals surface area contributed by atoms with E-state index in [1.54, 1.807) is 18.7 Å². The molecule has 0 aliphatic carbocycles. The van der Waals surface area contributed by atoms with Crippen LogP contribution in [-0.2, 0) is 10.2 Å². The van der Waals surface area contributed by atoms with E-state index in [9.17, 15) is 9.59 Å². The van der Waals surface area contributed by atoms with Gasteiger partial charge in [0.05, 0.1) is 5.54 Å². The third-order valence-electron chi connectivity index (χ3n) is 4.67. The van der Waals surface area contributed by atoms with E-state index in [0.29, 0.717) is 13.1 Å². The molecule has 0 bridgehead atoms. The van der Waals surface area contributed by atoms with E-state index >= 15 is 0 Å². The maximum absolute atomic E-state index is 12.8. The molecule has 1 atom stereocenters. The number of piperidine rings is 1. The Kier molecular flexibility index (Phi) is 5.19. The molecule has 1 aliphatic rings. The number of carbonyl (C=O) groups is 2. The van der Waals surface area contributed by atoms with Crippen molar-refractivity contribution in [3.8, 4) is 0 Å². The van der Waals surface area contributed by atoms with Gasteiger partial charge in [0.1, 0.15) is 0 Å². The fraction of sp³-hybridized carbons (Fsp3) is 0.600. The van der Waals surface area contributed by atoms with Crippen molar-refractivity contribution < 1.29 is 9.59 Å². The highest BCUT2D eigenvalue weighted by Crippen LogP contribution is 2.25. The van der Waals surface area contributed by atoms with Gasteiger partial charge in [-0.2, -0.15) is 0 Å². The molecule has 2 rings (SSSR count). The highest BCUT2D eigenvalue weighted by atomic mass is 16.2. The zero-order valence-corrected chi connectivity index (χ0v) is 15.6. The van der Waals surface area contributed by atoms with Crippen LogP contribution in [0.3, 0.4) is 0 Å². The van der Waals surface area contributed by atoms with Gasteiger partial charge in [0.15, 0.2) is 5.78 Å². The summed E-state index contributed by atoms with van der Waals surface area (Å²) in [6.45, 7) is 11.1. The van der Waals surface area contributed by atoms with E-state index in [-0.39, 0.29) is 23.0 Å². The Bertz CT molecular complexity index is 606. The van der Waals surface area contributed by atoms with Crippen LogP contribution in [0.25, 0.3) is 0 Å². The molecule has 1 aromatic rings. The number of hydrogen-bond acceptors (Lipinski definition) is 3. The average Bonchev–Trinajstić information content (AvgIpc) is 2.52. The summed E-state index contributed by atoms with van der Waals surface area (Å²) >= 11 is 0. The maximum Gasteiger partial charge on any atom is 0.242 e. The number of nitrogens with zero attached hydrogens (tertiary/aromatic N) is 1. The van der Waals surface area contributed by atoms with Crippen LogP contribution in [0.15, 0.2) is 24.3 Å². The van der Waals surface area contributed by atoms with Crippen molar-refractivity contribution in [2.75, 3.05) is 13.1 Å². The second-order valence-electron chi connectivity index (χ2n) is 8.50. The predicted octanol–water partition coefficient (Wildman–Crippen LogP) is 3.14. The summed E-state index contributed by atoms with van der Waals surface area (Å²) in [5.74, 6) is -0.0867. The largest absolute Gasteiger partial charge is 0.340 e. The molecule has 1 fully saturated rings. The standard InChI is InChI=1S/C20H30N2O2/c1-19(2,3)16-10-8-14(9-11-16)17(23)15-7-6-12-22(13-15)18(24)20(4,5)21/h8-11,15H,6-7,12-13,21H2,1-5H3. The second kappa shape index (κ2) is 6.67. The predicted molar refractivity (Wildman–Crippen MR) is 97.0 cm³/mol. The Morgan fingerprint density at radius 3 is 2.17 bits per heavy atom. The highest BCUT2D eigenvalue weighted by molar-refractivity contribution is 5.98. The summed E-state index contributed by atoms with van der Waals surface area (Å²) in [6.07, 6.45) is 1.67. The molecule has 2 N–H and O–H groups in total. The molecule has 4 nitrogen and oxygen atoms in total. The van der Waals surface area contributed by atoms with Crippen LogP contribution in [0.5, 0.6) is 0 Å². The third kappa shape index (κ3) is 4.23. The molecule has 0 spiro atoms. The molecule has 24 heavy (non-hydrogen) atoms. The lowest BCUT2D eigenvalue weighted by Crippen LogP contribution is -2.54. The summed E-state index contributed by atoms with van der Waals surface area (Å²) in [6, 6.07) is 7.89. The zero-order chi connectivity index (χ0) is 18.1. The summed E-state index contributed by atoms with van der Waals surface area (Å²) in [7, 11) is 0. The number of amides is 1. The van der Waals surface area contributed by atoms with Crippen LogP contribution in [0, 0.1) is 5.92 Å². The maximum atomic E-state index is 12.8. The molecule has 1 saturated heterocycles. The number of Topliss-reactive ketones (excluding diaryl/α,β-unsaturated/α-hetero) is 1. The van der Waals surface area contributed by atoms with Gasteiger partial charge in [0.25, 0.3) is 0 Å². The molecular weight excluding hydrogens is 300 g/mol. The number of nitrogens with two attached hydrogens (primary N) is 1. The minimum absolute atomic E-state index is 0.0718. The number of likely N-dealkylation sites (tertiary alicyclic amines) is 1. The van der Waals surface area contributed by atoms with Gasteiger partial charge in [-0.3, -0.25) is 9.59 Å². The number of carbonyl (C=O) groups excluding carboxylic acids is 2. The first kappa shape index (κ1) is 18.7. The van der Waals surface area contributed by atoms with Crippen LogP contribution in [0.4, 0.5) is 0 Å². The van der Waals surface area contributed by atoms with Gasteiger partial charge < -0.3 is 10.6 Å². The first-order valence-corrected chi connectivity index (χ1v) is 8.73. The Balaban J connectivity index is 2.11. The summed E-state index contributed by atoms with van der Waals surface area (Å²) in [5, 5.41) is 0.